The molecular formula is C13H16N4O2. The average Bonchev–Trinajstić information content (AvgIpc) is 2.81. The summed E-state index contributed by atoms with van der Waals surface area (Å²) in [4.78, 5) is 11.6. The number of rotatable bonds is 5. The molecule has 0 aliphatic heterocycles. The second-order valence-corrected chi connectivity index (χ2v) is 4.29. The average molecular weight is 260 g/mol. The number of anilines is 1. The molecule has 2 N–H and O–H groups in total. The standard InChI is InChI=1S/C13H16N4O2/c1-17-8-12(15-16-17)9-19-13(18)7-4-10-2-5-11(14)6-3-10/h2-3,5-6,8H,4,7,9,14H2,1H3. The number of nitrogen functional groups attached to an aromatic ring is 1. The zero-order valence-electron chi connectivity index (χ0n) is 10.7. The number of aryl methyl sites for hydroxylation is 2. The Morgan fingerprint density at radius 2 is 2.11 bits per heavy atom. The smallest absolute Gasteiger partial charge is 0.306 e. The summed E-state index contributed by atoms with van der Waals surface area (Å²) in [5.74, 6) is -0.248. The summed E-state index contributed by atoms with van der Waals surface area (Å²) < 4.78 is 6.67. The summed E-state index contributed by atoms with van der Waals surface area (Å²) in [6.07, 6.45) is 2.69. The molecular weight excluding hydrogens is 244 g/mol. The van der Waals surface area contributed by atoms with Crippen LogP contribution >= 0.6 is 0 Å². The van der Waals surface area contributed by atoms with Gasteiger partial charge in [0.25, 0.3) is 0 Å². The van der Waals surface area contributed by atoms with E-state index in [1.807, 2.05) is 24.3 Å². The third-order valence-corrected chi connectivity index (χ3v) is 2.63. The van der Waals surface area contributed by atoms with Crippen molar-refractivity contribution in [2.24, 2.45) is 7.05 Å². The van der Waals surface area contributed by atoms with Crippen LogP contribution in [0.3, 0.4) is 0 Å². The van der Waals surface area contributed by atoms with E-state index in [4.69, 9.17) is 10.5 Å². The minimum Gasteiger partial charge on any atom is -0.459 e. The van der Waals surface area contributed by atoms with E-state index in [9.17, 15) is 4.79 Å². The van der Waals surface area contributed by atoms with E-state index >= 15 is 0 Å². The summed E-state index contributed by atoms with van der Waals surface area (Å²) in [7, 11) is 1.76. The highest BCUT2D eigenvalue weighted by atomic mass is 16.5. The van der Waals surface area contributed by atoms with Gasteiger partial charge in [-0.25, -0.2) is 0 Å². The number of nitrogens with two attached hydrogens (primary N) is 1. The second kappa shape index (κ2) is 5.99. The molecule has 0 amide bonds. The van der Waals surface area contributed by atoms with Gasteiger partial charge in [0.2, 0.25) is 0 Å². The molecule has 1 aromatic carbocycles. The van der Waals surface area contributed by atoms with E-state index in [1.165, 1.54) is 0 Å². The molecule has 19 heavy (non-hydrogen) atoms. The molecule has 2 aromatic rings. The minimum absolute atomic E-state index is 0.161. The van der Waals surface area contributed by atoms with Gasteiger partial charge >= 0.3 is 5.97 Å². The normalized spacial score (nSPS) is 10.4. The molecule has 0 bridgehead atoms. The largest absolute Gasteiger partial charge is 0.459 e. The number of nitrogens with zero attached hydrogens (tertiary/aromatic N) is 3. The maximum Gasteiger partial charge on any atom is 0.306 e. The van der Waals surface area contributed by atoms with Gasteiger partial charge in [-0.2, -0.15) is 0 Å². The SMILES string of the molecule is Cn1cc(COC(=O)CCc2ccc(N)cc2)nn1. The Morgan fingerprint density at radius 1 is 1.37 bits per heavy atom. The molecule has 0 saturated heterocycles. The number of carbonyl (C=O) groups excluding carboxylic acids is 1. The first-order chi connectivity index (χ1) is 9.13. The lowest BCUT2D eigenvalue weighted by Gasteiger charge is -2.03. The van der Waals surface area contributed by atoms with Crippen molar-refractivity contribution in [1.82, 2.24) is 15.0 Å². The molecule has 2 rings (SSSR count). The molecule has 0 fully saturated rings. The van der Waals surface area contributed by atoms with Crippen molar-refractivity contribution in [3.63, 3.8) is 0 Å². The molecule has 6 nitrogen and oxygen atoms in total. The molecule has 6 heteroatoms. The van der Waals surface area contributed by atoms with Gasteiger partial charge in [0.05, 0.1) is 6.20 Å². The third-order valence-electron chi connectivity index (χ3n) is 2.63. The minimum atomic E-state index is -0.248. The van der Waals surface area contributed by atoms with Crippen LogP contribution in [0.5, 0.6) is 0 Å². The molecule has 1 heterocycles. The van der Waals surface area contributed by atoms with Gasteiger partial charge in [0, 0.05) is 19.2 Å². The van der Waals surface area contributed by atoms with Crippen molar-refractivity contribution in [1.29, 1.82) is 0 Å². The Morgan fingerprint density at radius 3 is 2.74 bits per heavy atom. The van der Waals surface area contributed by atoms with Gasteiger partial charge in [0.1, 0.15) is 12.3 Å². The lowest BCUT2D eigenvalue weighted by molar-refractivity contribution is -0.145. The Kier molecular flexibility index (Phi) is 4.12. The first kappa shape index (κ1) is 13.1. The Balaban J connectivity index is 1.74. The molecule has 0 unspecified atom stereocenters. The quantitative estimate of drug-likeness (QED) is 0.642. The second-order valence-electron chi connectivity index (χ2n) is 4.29. The van der Waals surface area contributed by atoms with Gasteiger partial charge in [-0.05, 0) is 24.1 Å². The van der Waals surface area contributed by atoms with Crippen LogP contribution in [0.15, 0.2) is 30.5 Å². The highest BCUT2D eigenvalue weighted by molar-refractivity contribution is 5.69. The van der Waals surface area contributed by atoms with Gasteiger partial charge in [-0.15, -0.1) is 5.10 Å². The molecule has 0 spiro atoms. The lowest BCUT2D eigenvalue weighted by Crippen LogP contribution is -2.06. The van der Waals surface area contributed by atoms with Crippen LogP contribution in [-0.2, 0) is 29.6 Å². The molecule has 100 valence electrons. The van der Waals surface area contributed by atoms with Gasteiger partial charge in [-0.3, -0.25) is 9.48 Å². The number of hydrogen-bond acceptors (Lipinski definition) is 5. The number of benzene rings is 1. The lowest BCUT2D eigenvalue weighted by atomic mass is 10.1. The third kappa shape index (κ3) is 4.09. The fourth-order valence-electron chi connectivity index (χ4n) is 1.62. The van der Waals surface area contributed by atoms with E-state index < -0.39 is 0 Å². The van der Waals surface area contributed by atoms with Crippen molar-refractivity contribution in [2.45, 2.75) is 19.4 Å². The Labute approximate surface area is 111 Å². The molecule has 0 aliphatic rings. The van der Waals surface area contributed by atoms with E-state index in [0.717, 1.165) is 5.56 Å². The zero-order chi connectivity index (χ0) is 13.7. The van der Waals surface area contributed by atoms with E-state index in [-0.39, 0.29) is 12.6 Å². The monoisotopic (exact) mass is 260 g/mol. The van der Waals surface area contributed by atoms with Crippen LogP contribution in [0, 0.1) is 0 Å². The summed E-state index contributed by atoms with van der Waals surface area (Å²) in [6.45, 7) is 0.161. The highest BCUT2D eigenvalue weighted by Gasteiger charge is 2.06. The Hall–Kier alpha value is -2.37. The van der Waals surface area contributed by atoms with Crippen molar-refractivity contribution < 1.29 is 9.53 Å². The fourth-order valence-corrected chi connectivity index (χ4v) is 1.62. The molecule has 0 radical (unpaired) electrons. The summed E-state index contributed by atoms with van der Waals surface area (Å²) in [5.41, 5.74) is 8.01. The highest BCUT2D eigenvalue weighted by Crippen LogP contribution is 2.08. The van der Waals surface area contributed by atoms with Crippen LogP contribution in [0.2, 0.25) is 0 Å². The zero-order valence-corrected chi connectivity index (χ0v) is 10.7. The topological polar surface area (TPSA) is 83.0 Å². The number of hydrogen-bond donors (Lipinski definition) is 1. The van der Waals surface area contributed by atoms with Crippen LogP contribution in [-0.4, -0.2) is 21.0 Å². The van der Waals surface area contributed by atoms with Crippen LogP contribution < -0.4 is 5.73 Å². The van der Waals surface area contributed by atoms with E-state index in [1.54, 1.807) is 17.9 Å². The summed E-state index contributed by atoms with van der Waals surface area (Å²) in [6, 6.07) is 7.46. The maximum atomic E-state index is 11.6. The number of ether oxygens (including phenoxy) is 1. The van der Waals surface area contributed by atoms with Crippen molar-refractivity contribution in [3.8, 4) is 0 Å². The predicted molar refractivity (Wildman–Crippen MR) is 70.0 cm³/mol. The van der Waals surface area contributed by atoms with E-state index in [0.29, 0.717) is 24.2 Å². The number of aromatic nitrogens is 3. The van der Waals surface area contributed by atoms with Crippen molar-refractivity contribution in [2.75, 3.05) is 5.73 Å². The number of esters is 1. The summed E-state index contributed by atoms with van der Waals surface area (Å²) >= 11 is 0. The van der Waals surface area contributed by atoms with Gasteiger partial charge in [0.15, 0.2) is 0 Å². The summed E-state index contributed by atoms with van der Waals surface area (Å²) in [5, 5.41) is 7.60. The van der Waals surface area contributed by atoms with Gasteiger partial charge < -0.3 is 10.5 Å². The molecule has 0 atom stereocenters. The first-order valence-electron chi connectivity index (χ1n) is 5.99. The first-order valence-corrected chi connectivity index (χ1v) is 5.99. The molecule has 0 aliphatic carbocycles. The predicted octanol–water partition coefficient (Wildman–Crippen LogP) is 1.07. The van der Waals surface area contributed by atoms with Crippen LogP contribution in [0.4, 0.5) is 5.69 Å². The number of carbonyl (C=O) groups is 1. The van der Waals surface area contributed by atoms with Crippen molar-refractivity contribution >= 4 is 11.7 Å². The van der Waals surface area contributed by atoms with Crippen LogP contribution in [0.1, 0.15) is 17.7 Å². The van der Waals surface area contributed by atoms with E-state index in [2.05, 4.69) is 10.3 Å². The fraction of sp³-hybridized carbons (Fsp3) is 0.308. The maximum absolute atomic E-state index is 11.6. The molecule has 1 aromatic heterocycles. The van der Waals surface area contributed by atoms with Gasteiger partial charge in [-0.1, -0.05) is 17.3 Å². The Bertz CT molecular complexity index is 548. The molecule has 0 saturated carbocycles. The van der Waals surface area contributed by atoms with Crippen molar-refractivity contribution in [3.05, 3.63) is 41.7 Å². The van der Waals surface area contributed by atoms with Crippen LogP contribution in [0.25, 0.3) is 0 Å².